The first-order valence-corrected chi connectivity index (χ1v) is 7.78. The average Bonchev–Trinajstić information content (AvgIpc) is 3.08. The number of rotatable bonds is 5. The molecule has 0 bridgehead atoms. The van der Waals surface area contributed by atoms with Crippen LogP contribution in [0.4, 0.5) is 0 Å². The first-order valence-electron chi connectivity index (χ1n) is 7.78. The molecule has 0 radical (unpaired) electrons. The van der Waals surface area contributed by atoms with Crippen molar-refractivity contribution in [3.05, 3.63) is 42.0 Å². The van der Waals surface area contributed by atoms with E-state index in [4.69, 9.17) is 4.98 Å². The summed E-state index contributed by atoms with van der Waals surface area (Å²) in [5, 5.41) is 0. The van der Waals surface area contributed by atoms with Crippen molar-refractivity contribution < 1.29 is 0 Å². The zero-order valence-electron chi connectivity index (χ0n) is 13.6. The molecule has 3 heterocycles. The van der Waals surface area contributed by atoms with Gasteiger partial charge in [-0.3, -0.25) is 14.9 Å². The number of aromatic nitrogens is 4. The number of aryl methyl sites for hydroxylation is 1. The maximum absolute atomic E-state index is 4.82. The zero-order chi connectivity index (χ0) is 15.5. The van der Waals surface area contributed by atoms with E-state index in [0.717, 1.165) is 43.1 Å². The van der Waals surface area contributed by atoms with Crippen LogP contribution in [0, 0.1) is 0 Å². The molecule has 0 spiro atoms. The minimum Gasteiger partial charge on any atom is -0.340 e. The van der Waals surface area contributed by atoms with Crippen LogP contribution < -0.4 is 0 Å². The van der Waals surface area contributed by atoms with E-state index in [1.807, 2.05) is 30.3 Å². The van der Waals surface area contributed by atoms with E-state index in [9.17, 15) is 0 Å². The zero-order valence-corrected chi connectivity index (χ0v) is 13.6. The van der Waals surface area contributed by atoms with Gasteiger partial charge in [0.15, 0.2) is 0 Å². The Morgan fingerprint density at radius 2 is 2.14 bits per heavy atom. The summed E-state index contributed by atoms with van der Waals surface area (Å²) in [6.45, 7) is 2.81. The van der Waals surface area contributed by atoms with Gasteiger partial charge >= 0.3 is 0 Å². The van der Waals surface area contributed by atoms with E-state index in [1.165, 1.54) is 6.42 Å². The number of likely N-dealkylation sites (tertiary alicyclic amines) is 1. The van der Waals surface area contributed by atoms with Crippen LogP contribution in [0.2, 0.25) is 0 Å². The largest absolute Gasteiger partial charge is 0.340 e. The van der Waals surface area contributed by atoms with Crippen LogP contribution in [-0.2, 0) is 20.1 Å². The lowest BCUT2D eigenvalue weighted by Gasteiger charge is -2.23. The molecule has 22 heavy (non-hydrogen) atoms. The Balaban J connectivity index is 1.75. The molecule has 3 rings (SSSR count). The van der Waals surface area contributed by atoms with Crippen molar-refractivity contribution >= 4 is 0 Å². The molecule has 0 N–H and O–H groups in total. The second kappa shape index (κ2) is 6.54. The maximum atomic E-state index is 4.82. The summed E-state index contributed by atoms with van der Waals surface area (Å²) in [4.78, 5) is 18.2. The minimum atomic E-state index is 0.358. The molecular formula is C16H24N6. The van der Waals surface area contributed by atoms with Gasteiger partial charge in [0.2, 0.25) is 0 Å². The van der Waals surface area contributed by atoms with Gasteiger partial charge in [0, 0.05) is 38.7 Å². The van der Waals surface area contributed by atoms with Crippen LogP contribution in [0.3, 0.4) is 0 Å². The number of nitrogens with zero attached hydrogens (tertiary/aromatic N) is 6. The third-order valence-corrected chi connectivity index (χ3v) is 4.01. The van der Waals surface area contributed by atoms with Crippen molar-refractivity contribution in [1.82, 2.24) is 29.3 Å². The van der Waals surface area contributed by atoms with Crippen molar-refractivity contribution in [2.45, 2.75) is 32.0 Å². The van der Waals surface area contributed by atoms with Gasteiger partial charge in [-0.15, -0.1) is 0 Å². The topological polar surface area (TPSA) is 50.1 Å². The molecule has 0 amide bonds. The first-order chi connectivity index (χ1) is 10.6. The van der Waals surface area contributed by atoms with Crippen LogP contribution >= 0.6 is 0 Å². The summed E-state index contributed by atoms with van der Waals surface area (Å²) in [5.41, 5.74) is 3.24. The average molecular weight is 300 g/mol. The highest BCUT2D eigenvalue weighted by Gasteiger charge is 2.28. The highest BCUT2D eigenvalue weighted by molar-refractivity contribution is 5.10. The van der Waals surface area contributed by atoms with Gasteiger partial charge < -0.3 is 9.47 Å². The molecule has 6 heteroatoms. The Kier molecular flexibility index (Phi) is 4.49. The van der Waals surface area contributed by atoms with Gasteiger partial charge in [0.1, 0.15) is 0 Å². The van der Waals surface area contributed by atoms with Crippen molar-refractivity contribution in [3.63, 3.8) is 0 Å². The van der Waals surface area contributed by atoms with E-state index in [1.54, 1.807) is 0 Å². The Morgan fingerprint density at radius 1 is 1.27 bits per heavy atom. The lowest BCUT2D eigenvalue weighted by molar-refractivity contribution is 0.240. The first kappa shape index (κ1) is 15.1. The fraction of sp³-hybridized carbons (Fsp3) is 0.562. The van der Waals surface area contributed by atoms with Crippen molar-refractivity contribution in [2.75, 3.05) is 20.6 Å². The SMILES string of the molecule is CN(C)Cc1cncc(C2CCCN2Cc2cn(C)cn2)n1. The Morgan fingerprint density at radius 3 is 2.86 bits per heavy atom. The van der Waals surface area contributed by atoms with Crippen LogP contribution in [0.15, 0.2) is 24.9 Å². The molecule has 6 nitrogen and oxygen atoms in total. The molecule has 1 fully saturated rings. The van der Waals surface area contributed by atoms with Crippen molar-refractivity contribution in [1.29, 1.82) is 0 Å². The second-order valence-corrected chi connectivity index (χ2v) is 6.33. The fourth-order valence-corrected chi connectivity index (χ4v) is 3.09. The van der Waals surface area contributed by atoms with Crippen LogP contribution in [0.25, 0.3) is 0 Å². The molecule has 1 atom stereocenters. The summed E-state index contributed by atoms with van der Waals surface area (Å²) >= 11 is 0. The molecule has 0 aliphatic carbocycles. The maximum Gasteiger partial charge on any atom is 0.0947 e. The predicted octanol–water partition coefficient (Wildman–Crippen LogP) is 1.61. The van der Waals surface area contributed by atoms with E-state index in [2.05, 4.69) is 40.1 Å². The molecular weight excluding hydrogens is 276 g/mol. The Labute approximate surface area is 131 Å². The monoisotopic (exact) mass is 300 g/mol. The summed E-state index contributed by atoms with van der Waals surface area (Å²) < 4.78 is 2.00. The lowest BCUT2D eigenvalue weighted by atomic mass is 10.1. The molecule has 1 aliphatic rings. The van der Waals surface area contributed by atoms with E-state index in [-0.39, 0.29) is 0 Å². The second-order valence-electron chi connectivity index (χ2n) is 6.33. The molecule has 1 unspecified atom stereocenters. The minimum absolute atomic E-state index is 0.358. The van der Waals surface area contributed by atoms with Gasteiger partial charge in [-0.25, -0.2) is 4.98 Å². The predicted molar refractivity (Wildman–Crippen MR) is 85.0 cm³/mol. The summed E-state index contributed by atoms with van der Waals surface area (Å²) in [5.74, 6) is 0. The highest BCUT2D eigenvalue weighted by Crippen LogP contribution is 2.31. The number of imidazole rings is 1. The number of hydrogen-bond acceptors (Lipinski definition) is 5. The third kappa shape index (κ3) is 3.51. The Hall–Kier alpha value is -1.79. The molecule has 118 valence electrons. The normalized spacial score (nSPS) is 19.2. The van der Waals surface area contributed by atoms with Gasteiger partial charge in [0.05, 0.1) is 29.5 Å². The van der Waals surface area contributed by atoms with Gasteiger partial charge in [-0.2, -0.15) is 0 Å². The molecule has 0 aromatic carbocycles. The van der Waals surface area contributed by atoms with Gasteiger partial charge in [-0.05, 0) is 33.5 Å². The van der Waals surface area contributed by atoms with Crippen LogP contribution in [0.1, 0.15) is 36.0 Å². The summed E-state index contributed by atoms with van der Waals surface area (Å²) in [6, 6.07) is 0.358. The summed E-state index contributed by atoms with van der Waals surface area (Å²) in [6.07, 6.45) is 10.1. The van der Waals surface area contributed by atoms with Crippen molar-refractivity contribution in [3.8, 4) is 0 Å². The molecule has 0 saturated carbocycles. The van der Waals surface area contributed by atoms with Gasteiger partial charge in [0.25, 0.3) is 0 Å². The highest BCUT2D eigenvalue weighted by atomic mass is 15.2. The smallest absolute Gasteiger partial charge is 0.0947 e. The van der Waals surface area contributed by atoms with E-state index < -0.39 is 0 Å². The van der Waals surface area contributed by atoms with Crippen LogP contribution in [-0.4, -0.2) is 50.0 Å². The molecule has 1 aliphatic heterocycles. The molecule has 2 aromatic rings. The standard InChI is InChI=1S/C16H24N6/c1-20(2)9-13-7-17-8-15(19-13)16-5-4-6-22(16)11-14-10-21(3)12-18-14/h7-8,10,12,16H,4-6,9,11H2,1-3H3. The van der Waals surface area contributed by atoms with Crippen molar-refractivity contribution in [2.24, 2.45) is 7.05 Å². The molecule has 1 saturated heterocycles. The summed E-state index contributed by atoms with van der Waals surface area (Å²) in [7, 11) is 6.11. The van der Waals surface area contributed by atoms with E-state index >= 15 is 0 Å². The third-order valence-electron chi connectivity index (χ3n) is 4.01. The quantitative estimate of drug-likeness (QED) is 0.839. The fourth-order valence-electron chi connectivity index (χ4n) is 3.09. The Bertz CT molecular complexity index is 621. The molecule has 2 aromatic heterocycles. The number of hydrogen-bond donors (Lipinski definition) is 0. The lowest BCUT2D eigenvalue weighted by Crippen LogP contribution is -2.24. The van der Waals surface area contributed by atoms with Crippen LogP contribution in [0.5, 0.6) is 0 Å². The van der Waals surface area contributed by atoms with Gasteiger partial charge in [-0.1, -0.05) is 0 Å². The van der Waals surface area contributed by atoms with E-state index in [0.29, 0.717) is 6.04 Å².